The van der Waals surface area contributed by atoms with Crippen LogP contribution < -0.4 is 0 Å². The maximum absolute atomic E-state index is 2.45. The molecule has 4 saturated carbocycles. The number of aryl methyl sites for hydroxylation is 1. The first-order chi connectivity index (χ1) is 11.2. The molecule has 0 radical (unpaired) electrons. The summed E-state index contributed by atoms with van der Waals surface area (Å²) in [5.74, 6) is 3.08. The van der Waals surface area contributed by atoms with Gasteiger partial charge >= 0.3 is 0 Å². The zero-order valence-electron chi connectivity index (χ0n) is 14.1. The zero-order valence-corrected chi connectivity index (χ0v) is 14.1. The first kappa shape index (κ1) is 13.8. The minimum atomic E-state index is 0.528. The number of hydrogen-bond donors (Lipinski definition) is 0. The van der Waals surface area contributed by atoms with Gasteiger partial charge in [0.25, 0.3) is 0 Å². The summed E-state index contributed by atoms with van der Waals surface area (Å²) in [6.07, 6.45) is 8.97. The van der Waals surface area contributed by atoms with E-state index in [9.17, 15) is 0 Å². The first-order valence-electron chi connectivity index (χ1n) is 9.38. The largest absolute Gasteiger partial charge is 0.0587 e. The molecule has 4 fully saturated rings. The average molecular weight is 302 g/mol. The van der Waals surface area contributed by atoms with Gasteiger partial charge in [-0.1, -0.05) is 54.1 Å². The van der Waals surface area contributed by atoms with Crippen molar-refractivity contribution in [3.63, 3.8) is 0 Å². The molecular weight excluding hydrogens is 276 g/mol. The van der Waals surface area contributed by atoms with E-state index in [0.717, 1.165) is 17.8 Å². The van der Waals surface area contributed by atoms with Crippen LogP contribution in [-0.2, 0) is 5.41 Å². The van der Waals surface area contributed by atoms with E-state index < -0.39 is 0 Å². The molecule has 4 aliphatic carbocycles. The third-order valence-electron chi connectivity index (χ3n) is 6.92. The molecule has 0 N–H and O–H groups in total. The van der Waals surface area contributed by atoms with Crippen molar-refractivity contribution in [3.8, 4) is 11.1 Å². The lowest BCUT2D eigenvalue weighted by Crippen LogP contribution is -2.48. The summed E-state index contributed by atoms with van der Waals surface area (Å²) in [6.45, 7) is 2.15. The van der Waals surface area contributed by atoms with E-state index in [1.54, 1.807) is 5.56 Å². The molecule has 0 heteroatoms. The fraction of sp³-hybridized carbons (Fsp3) is 0.478. The molecule has 0 spiro atoms. The van der Waals surface area contributed by atoms with E-state index >= 15 is 0 Å². The summed E-state index contributed by atoms with van der Waals surface area (Å²) in [4.78, 5) is 0. The van der Waals surface area contributed by atoms with E-state index in [2.05, 4.69) is 55.5 Å². The van der Waals surface area contributed by atoms with Crippen LogP contribution in [0.4, 0.5) is 0 Å². The Morgan fingerprint density at radius 2 is 1.09 bits per heavy atom. The Kier molecular flexibility index (Phi) is 2.99. The second-order valence-electron chi connectivity index (χ2n) is 8.64. The minimum absolute atomic E-state index is 0.528. The summed E-state index contributed by atoms with van der Waals surface area (Å²) >= 11 is 0. The molecule has 4 aliphatic rings. The lowest BCUT2D eigenvalue weighted by molar-refractivity contribution is -0.00518. The molecule has 0 aliphatic heterocycles. The van der Waals surface area contributed by atoms with Crippen LogP contribution in [0.1, 0.15) is 49.7 Å². The summed E-state index contributed by atoms with van der Waals surface area (Å²) in [6, 6.07) is 18.5. The van der Waals surface area contributed by atoms with Crippen LogP contribution in [0, 0.1) is 24.7 Å². The standard InChI is InChI=1S/C23H26/c1-16-2-4-20(5-3-16)21-6-8-22(9-7-21)23-13-17-10-18(14-23)12-19(11-17)15-23/h2-9,17-19H,10-15H2,1H3. The van der Waals surface area contributed by atoms with Gasteiger partial charge in [0.2, 0.25) is 0 Å². The topological polar surface area (TPSA) is 0 Å². The van der Waals surface area contributed by atoms with Gasteiger partial charge in [-0.15, -0.1) is 0 Å². The highest BCUT2D eigenvalue weighted by Crippen LogP contribution is 2.60. The van der Waals surface area contributed by atoms with Gasteiger partial charge in [0.05, 0.1) is 0 Å². The van der Waals surface area contributed by atoms with E-state index in [4.69, 9.17) is 0 Å². The molecule has 118 valence electrons. The Balaban J connectivity index is 1.47. The molecule has 0 amide bonds. The highest BCUT2D eigenvalue weighted by molar-refractivity contribution is 5.64. The number of hydrogen-bond acceptors (Lipinski definition) is 0. The normalized spacial score (nSPS) is 34.7. The van der Waals surface area contributed by atoms with Gasteiger partial charge in [0, 0.05) is 0 Å². The van der Waals surface area contributed by atoms with Gasteiger partial charge < -0.3 is 0 Å². The predicted octanol–water partition coefficient (Wildman–Crippen LogP) is 6.13. The van der Waals surface area contributed by atoms with Crippen molar-refractivity contribution < 1.29 is 0 Å². The van der Waals surface area contributed by atoms with Crippen molar-refractivity contribution >= 4 is 0 Å². The smallest absolute Gasteiger partial charge is 0.00391 e. The van der Waals surface area contributed by atoms with E-state index in [0.29, 0.717) is 5.41 Å². The van der Waals surface area contributed by atoms with Crippen molar-refractivity contribution in [1.82, 2.24) is 0 Å². The zero-order chi connectivity index (χ0) is 15.4. The number of rotatable bonds is 2. The highest BCUT2D eigenvalue weighted by atomic mass is 14.6. The molecule has 4 bridgehead atoms. The third-order valence-corrected chi connectivity index (χ3v) is 6.92. The molecule has 0 atom stereocenters. The maximum atomic E-state index is 2.45. The molecule has 0 nitrogen and oxygen atoms in total. The second kappa shape index (κ2) is 4.97. The fourth-order valence-electron chi connectivity index (χ4n) is 6.23. The quantitative estimate of drug-likeness (QED) is 0.626. The molecule has 6 rings (SSSR count). The van der Waals surface area contributed by atoms with Crippen LogP contribution in [0.3, 0.4) is 0 Å². The minimum Gasteiger partial charge on any atom is -0.0587 e. The van der Waals surface area contributed by atoms with Crippen LogP contribution >= 0.6 is 0 Å². The second-order valence-corrected chi connectivity index (χ2v) is 8.64. The Hall–Kier alpha value is -1.56. The van der Waals surface area contributed by atoms with Crippen molar-refractivity contribution in [2.45, 2.75) is 50.9 Å². The van der Waals surface area contributed by atoms with Crippen molar-refractivity contribution in [1.29, 1.82) is 0 Å². The summed E-state index contributed by atoms with van der Waals surface area (Å²) in [7, 11) is 0. The third kappa shape index (κ3) is 2.26. The van der Waals surface area contributed by atoms with Crippen LogP contribution in [0.25, 0.3) is 11.1 Å². The summed E-state index contributed by atoms with van der Waals surface area (Å²) < 4.78 is 0. The monoisotopic (exact) mass is 302 g/mol. The van der Waals surface area contributed by atoms with E-state index in [1.165, 1.54) is 55.2 Å². The van der Waals surface area contributed by atoms with Crippen LogP contribution in [-0.4, -0.2) is 0 Å². The molecule has 2 aromatic rings. The van der Waals surface area contributed by atoms with Crippen molar-refractivity contribution in [3.05, 3.63) is 59.7 Å². The summed E-state index contributed by atoms with van der Waals surface area (Å²) in [5.41, 5.74) is 6.19. The van der Waals surface area contributed by atoms with Gasteiger partial charge in [-0.3, -0.25) is 0 Å². The van der Waals surface area contributed by atoms with Crippen LogP contribution in [0.5, 0.6) is 0 Å². The van der Waals surface area contributed by atoms with Gasteiger partial charge in [-0.25, -0.2) is 0 Å². The average Bonchev–Trinajstić information content (AvgIpc) is 2.54. The van der Waals surface area contributed by atoms with E-state index in [1.807, 2.05) is 0 Å². The first-order valence-corrected chi connectivity index (χ1v) is 9.38. The van der Waals surface area contributed by atoms with Gasteiger partial charge in [-0.2, -0.15) is 0 Å². The molecule has 0 aromatic heterocycles. The Labute approximate surface area is 139 Å². The SMILES string of the molecule is Cc1ccc(-c2ccc(C34CC5CC(CC(C5)C3)C4)cc2)cc1. The van der Waals surface area contributed by atoms with Crippen molar-refractivity contribution in [2.24, 2.45) is 17.8 Å². The molecule has 23 heavy (non-hydrogen) atoms. The van der Waals surface area contributed by atoms with Gasteiger partial charge in [0.15, 0.2) is 0 Å². The highest BCUT2D eigenvalue weighted by Gasteiger charge is 2.51. The Morgan fingerprint density at radius 3 is 1.57 bits per heavy atom. The predicted molar refractivity (Wildman–Crippen MR) is 96.5 cm³/mol. The lowest BCUT2D eigenvalue weighted by atomic mass is 9.48. The van der Waals surface area contributed by atoms with Crippen molar-refractivity contribution in [2.75, 3.05) is 0 Å². The van der Waals surface area contributed by atoms with Gasteiger partial charge in [0.1, 0.15) is 0 Å². The number of benzene rings is 2. The Morgan fingerprint density at radius 1 is 0.652 bits per heavy atom. The fourth-order valence-corrected chi connectivity index (χ4v) is 6.23. The van der Waals surface area contributed by atoms with Gasteiger partial charge in [-0.05, 0) is 85.3 Å². The molecule has 2 aromatic carbocycles. The van der Waals surface area contributed by atoms with Crippen LogP contribution in [0.2, 0.25) is 0 Å². The lowest BCUT2D eigenvalue weighted by Gasteiger charge is -2.57. The maximum Gasteiger partial charge on any atom is -0.00391 e. The van der Waals surface area contributed by atoms with Crippen LogP contribution in [0.15, 0.2) is 48.5 Å². The Bertz CT molecular complexity index is 669. The molecule has 0 saturated heterocycles. The molecular formula is C23H26. The van der Waals surface area contributed by atoms with E-state index in [-0.39, 0.29) is 0 Å². The molecule has 0 heterocycles. The summed E-state index contributed by atoms with van der Waals surface area (Å²) in [5, 5.41) is 0. The molecule has 0 unspecified atom stereocenters.